The molecule has 0 atom stereocenters. The molecule has 0 aliphatic carbocycles. The third-order valence-electron chi connectivity index (χ3n) is 3.67. The first-order chi connectivity index (χ1) is 12.5. The summed E-state index contributed by atoms with van der Waals surface area (Å²) in [6.45, 7) is 5.97. The van der Waals surface area contributed by atoms with E-state index in [2.05, 4.69) is 11.9 Å². The van der Waals surface area contributed by atoms with Gasteiger partial charge in [-0.15, -0.1) is 6.58 Å². The van der Waals surface area contributed by atoms with Gasteiger partial charge in [0, 0.05) is 12.1 Å². The molecular formula is C19H22N2O4S. The van der Waals surface area contributed by atoms with Crippen molar-refractivity contribution in [1.82, 2.24) is 5.32 Å². The van der Waals surface area contributed by atoms with E-state index in [4.69, 9.17) is 4.74 Å². The zero-order valence-electron chi connectivity index (χ0n) is 14.8. The molecule has 0 unspecified atom stereocenters. The highest BCUT2D eigenvalue weighted by molar-refractivity contribution is 7.92. The van der Waals surface area contributed by atoms with Gasteiger partial charge in [-0.25, -0.2) is 8.42 Å². The van der Waals surface area contributed by atoms with E-state index in [1.807, 2.05) is 0 Å². The van der Waals surface area contributed by atoms with Crippen LogP contribution in [0.5, 0.6) is 5.75 Å². The first-order valence-electron chi connectivity index (χ1n) is 8.10. The topological polar surface area (TPSA) is 75.7 Å². The van der Waals surface area contributed by atoms with Gasteiger partial charge in [-0.2, -0.15) is 0 Å². The van der Waals surface area contributed by atoms with Crippen molar-refractivity contribution in [3.8, 4) is 5.75 Å². The van der Waals surface area contributed by atoms with Crippen LogP contribution in [0, 0.1) is 0 Å². The molecule has 7 heteroatoms. The summed E-state index contributed by atoms with van der Waals surface area (Å²) in [5, 5.41) is 2.66. The second-order valence-corrected chi connectivity index (χ2v) is 7.25. The highest BCUT2D eigenvalue weighted by Crippen LogP contribution is 2.32. The number of methoxy groups -OCH3 is 1. The lowest BCUT2D eigenvalue weighted by atomic mass is 10.2. The number of carbonyl (C=O) groups is 1. The lowest BCUT2D eigenvalue weighted by Crippen LogP contribution is -2.32. The van der Waals surface area contributed by atoms with Gasteiger partial charge in [0.25, 0.3) is 15.9 Å². The van der Waals surface area contributed by atoms with Gasteiger partial charge in [-0.3, -0.25) is 9.10 Å². The number of amides is 1. The summed E-state index contributed by atoms with van der Waals surface area (Å²) in [7, 11) is -2.44. The van der Waals surface area contributed by atoms with E-state index in [9.17, 15) is 13.2 Å². The number of carbonyl (C=O) groups excluding carboxylic acids is 1. The maximum absolute atomic E-state index is 13.2. The number of anilines is 1. The molecule has 0 aromatic heterocycles. The Labute approximate surface area is 154 Å². The van der Waals surface area contributed by atoms with Crippen molar-refractivity contribution >= 4 is 21.6 Å². The summed E-state index contributed by atoms with van der Waals surface area (Å²) in [6, 6.07) is 12.8. The maximum Gasteiger partial charge on any atom is 0.264 e. The van der Waals surface area contributed by atoms with E-state index in [-0.39, 0.29) is 22.9 Å². The van der Waals surface area contributed by atoms with Gasteiger partial charge in [0.15, 0.2) is 0 Å². The molecule has 0 aliphatic rings. The Bertz CT molecular complexity index is 894. The molecule has 0 saturated heterocycles. The minimum absolute atomic E-state index is 0.0222. The summed E-state index contributed by atoms with van der Waals surface area (Å²) in [6.07, 6.45) is 1.50. The smallest absolute Gasteiger partial charge is 0.264 e. The van der Waals surface area contributed by atoms with E-state index in [0.29, 0.717) is 18.0 Å². The molecule has 2 rings (SSSR count). The molecule has 1 N–H and O–H groups in total. The quantitative estimate of drug-likeness (QED) is 0.721. The summed E-state index contributed by atoms with van der Waals surface area (Å²) >= 11 is 0. The average Bonchev–Trinajstić information content (AvgIpc) is 2.66. The van der Waals surface area contributed by atoms with Gasteiger partial charge in [0.1, 0.15) is 5.75 Å². The standard InChI is InChI=1S/C19H22N2O4S/c1-4-13-21(17-11-6-7-12-18(17)25-3)26(23,24)16-10-8-9-15(14-16)19(22)20-5-2/h4,6-12,14H,1,5,13H2,2-3H3,(H,20,22). The number of nitrogens with zero attached hydrogens (tertiary/aromatic N) is 1. The highest BCUT2D eigenvalue weighted by Gasteiger charge is 2.27. The number of sulfonamides is 1. The van der Waals surface area contributed by atoms with Crippen LogP contribution in [0.2, 0.25) is 0 Å². The van der Waals surface area contributed by atoms with Crippen molar-refractivity contribution in [2.24, 2.45) is 0 Å². The van der Waals surface area contributed by atoms with Gasteiger partial charge >= 0.3 is 0 Å². The van der Waals surface area contributed by atoms with Crippen LogP contribution in [-0.2, 0) is 10.0 Å². The minimum Gasteiger partial charge on any atom is -0.495 e. The second kappa shape index (κ2) is 8.53. The predicted molar refractivity (Wildman–Crippen MR) is 102 cm³/mol. The number of rotatable bonds is 8. The largest absolute Gasteiger partial charge is 0.495 e. The number of hydrogen-bond donors (Lipinski definition) is 1. The molecule has 0 aliphatic heterocycles. The van der Waals surface area contributed by atoms with Crippen molar-refractivity contribution in [1.29, 1.82) is 0 Å². The average molecular weight is 374 g/mol. The number of para-hydroxylation sites is 2. The molecule has 0 saturated carbocycles. The van der Waals surface area contributed by atoms with Crippen LogP contribution < -0.4 is 14.4 Å². The molecule has 0 spiro atoms. The fraction of sp³-hybridized carbons (Fsp3) is 0.211. The monoisotopic (exact) mass is 374 g/mol. The molecular weight excluding hydrogens is 352 g/mol. The molecule has 1 amide bonds. The van der Waals surface area contributed by atoms with Crippen LogP contribution in [0.25, 0.3) is 0 Å². The Kier molecular flexibility index (Phi) is 6.41. The lowest BCUT2D eigenvalue weighted by Gasteiger charge is -2.25. The van der Waals surface area contributed by atoms with Crippen LogP contribution >= 0.6 is 0 Å². The normalized spacial score (nSPS) is 10.8. The summed E-state index contributed by atoms with van der Waals surface area (Å²) in [5.74, 6) is 0.106. The van der Waals surface area contributed by atoms with Crippen LogP contribution in [0.15, 0.2) is 66.1 Å². The number of ether oxygens (including phenoxy) is 1. The molecule has 0 radical (unpaired) electrons. The fourth-order valence-electron chi connectivity index (χ4n) is 2.47. The number of benzene rings is 2. The number of nitrogens with one attached hydrogen (secondary N) is 1. The van der Waals surface area contributed by atoms with Gasteiger partial charge in [-0.05, 0) is 37.3 Å². The summed E-state index contributed by atoms with van der Waals surface area (Å²) in [4.78, 5) is 12.1. The summed E-state index contributed by atoms with van der Waals surface area (Å²) in [5.41, 5.74) is 0.685. The van der Waals surface area contributed by atoms with Gasteiger partial charge in [0.2, 0.25) is 0 Å². The van der Waals surface area contributed by atoms with Crippen LogP contribution in [0.4, 0.5) is 5.69 Å². The molecule has 0 heterocycles. The molecule has 138 valence electrons. The van der Waals surface area contributed by atoms with E-state index < -0.39 is 10.0 Å². The van der Waals surface area contributed by atoms with Crippen molar-refractivity contribution < 1.29 is 17.9 Å². The fourth-order valence-corrected chi connectivity index (χ4v) is 3.96. The van der Waals surface area contributed by atoms with Crippen molar-refractivity contribution in [3.05, 3.63) is 66.7 Å². The molecule has 0 fully saturated rings. The van der Waals surface area contributed by atoms with Crippen LogP contribution in [-0.4, -0.2) is 34.5 Å². The maximum atomic E-state index is 13.2. The summed E-state index contributed by atoms with van der Waals surface area (Å²) < 4.78 is 32.9. The molecule has 6 nitrogen and oxygen atoms in total. The van der Waals surface area contributed by atoms with E-state index in [1.165, 1.54) is 29.6 Å². The Hall–Kier alpha value is -2.80. The Morgan fingerprint density at radius 2 is 1.96 bits per heavy atom. The van der Waals surface area contributed by atoms with E-state index >= 15 is 0 Å². The highest BCUT2D eigenvalue weighted by atomic mass is 32.2. The van der Waals surface area contributed by atoms with Crippen molar-refractivity contribution in [2.75, 3.05) is 24.5 Å². The first kappa shape index (κ1) is 19.5. The predicted octanol–water partition coefficient (Wildman–Crippen LogP) is 2.83. The Morgan fingerprint density at radius 3 is 2.62 bits per heavy atom. The lowest BCUT2D eigenvalue weighted by molar-refractivity contribution is 0.0955. The zero-order chi connectivity index (χ0) is 19.2. The van der Waals surface area contributed by atoms with Gasteiger partial charge in [-0.1, -0.05) is 24.3 Å². The van der Waals surface area contributed by atoms with Crippen molar-refractivity contribution in [3.63, 3.8) is 0 Å². The van der Waals surface area contributed by atoms with Gasteiger partial charge in [0.05, 0.1) is 24.2 Å². The van der Waals surface area contributed by atoms with Gasteiger partial charge < -0.3 is 10.1 Å². The SMILES string of the molecule is C=CCN(c1ccccc1OC)S(=O)(=O)c1cccc(C(=O)NCC)c1. The first-order valence-corrected chi connectivity index (χ1v) is 9.54. The van der Waals surface area contributed by atoms with E-state index in [1.54, 1.807) is 43.3 Å². The Balaban J connectivity index is 2.53. The van der Waals surface area contributed by atoms with Crippen LogP contribution in [0.3, 0.4) is 0 Å². The Morgan fingerprint density at radius 1 is 1.23 bits per heavy atom. The van der Waals surface area contributed by atoms with Crippen molar-refractivity contribution in [2.45, 2.75) is 11.8 Å². The molecule has 2 aromatic rings. The molecule has 0 bridgehead atoms. The molecule has 2 aromatic carbocycles. The number of hydrogen-bond acceptors (Lipinski definition) is 4. The van der Waals surface area contributed by atoms with E-state index in [0.717, 1.165) is 0 Å². The zero-order valence-corrected chi connectivity index (χ0v) is 15.6. The molecule has 26 heavy (non-hydrogen) atoms. The third kappa shape index (κ3) is 4.05. The third-order valence-corrected chi connectivity index (χ3v) is 5.45. The second-order valence-electron chi connectivity index (χ2n) is 5.38. The van der Waals surface area contributed by atoms with Crippen LogP contribution in [0.1, 0.15) is 17.3 Å². The minimum atomic E-state index is -3.92.